The van der Waals surface area contributed by atoms with Crippen molar-refractivity contribution < 1.29 is 26.3 Å². The lowest BCUT2D eigenvalue weighted by Gasteiger charge is -2.22. The number of hydrogen-bond acceptors (Lipinski definition) is 0. The van der Waals surface area contributed by atoms with Gasteiger partial charge in [0.05, 0.1) is 0 Å². The van der Waals surface area contributed by atoms with Crippen LogP contribution in [-0.2, 0) is 0 Å². The average Bonchev–Trinajstić information content (AvgIpc) is 2.06. The fourth-order valence-electron chi connectivity index (χ4n) is 1.39. The van der Waals surface area contributed by atoms with Crippen molar-refractivity contribution in [3.63, 3.8) is 0 Å². The summed E-state index contributed by atoms with van der Waals surface area (Å²) >= 11 is 0. The molecule has 0 saturated carbocycles. The first kappa shape index (κ1) is 15.6. The lowest BCUT2D eigenvalue weighted by molar-refractivity contribution is -0.285. The first-order valence-electron chi connectivity index (χ1n) is 5.12. The topological polar surface area (TPSA) is 0 Å². The van der Waals surface area contributed by atoms with Crippen molar-refractivity contribution in [1.29, 1.82) is 0 Å². The molecule has 0 heterocycles. The van der Waals surface area contributed by atoms with E-state index in [2.05, 4.69) is 6.92 Å². The minimum Gasteiger partial charge on any atom is -0.170 e. The van der Waals surface area contributed by atoms with Gasteiger partial charge < -0.3 is 0 Å². The zero-order valence-electron chi connectivity index (χ0n) is 8.79. The van der Waals surface area contributed by atoms with Gasteiger partial charge in [-0.25, -0.2) is 0 Å². The van der Waals surface area contributed by atoms with Crippen LogP contribution in [0, 0.1) is 12.8 Å². The third-order valence-electron chi connectivity index (χ3n) is 2.28. The highest BCUT2D eigenvalue weighted by Crippen LogP contribution is 2.42. The van der Waals surface area contributed by atoms with E-state index in [0.29, 0.717) is 19.3 Å². The van der Waals surface area contributed by atoms with E-state index in [1.54, 1.807) is 0 Å². The van der Waals surface area contributed by atoms with Gasteiger partial charge >= 0.3 is 12.4 Å². The summed E-state index contributed by atoms with van der Waals surface area (Å²) in [5.41, 5.74) is 0. The molecule has 0 nitrogen and oxygen atoms in total. The van der Waals surface area contributed by atoms with Gasteiger partial charge in [-0.05, 0) is 6.42 Å². The van der Waals surface area contributed by atoms with E-state index in [1.165, 1.54) is 0 Å². The summed E-state index contributed by atoms with van der Waals surface area (Å²) in [4.78, 5) is 0. The Morgan fingerprint density at radius 1 is 0.750 bits per heavy atom. The fourth-order valence-corrected chi connectivity index (χ4v) is 1.39. The molecular weight excluding hydrogens is 234 g/mol. The minimum atomic E-state index is -5.19. The summed E-state index contributed by atoms with van der Waals surface area (Å²) in [6.07, 6.45) is -8.89. The van der Waals surface area contributed by atoms with Crippen molar-refractivity contribution in [1.82, 2.24) is 0 Å². The molecule has 0 aliphatic rings. The van der Waals surface area contributed by atoms with E-state index < -0.39 is 24.7 Å². The quantitative estimate of drug-likeness (QED) is 0.464. The van der Waals surface area contributed by atoms with Crippen LogP contribution in [0.1, 0.15) is 38.5 Å². The number of halogens is 6. The average molecular weight is 249 g/mol. The molecule has 0 fully saturated rings. The van der Waals surface area contributed by atoms with Crippen LogP contribution < -0.4 is 0 Å². The van der Waals surface area contributed by atoms with Gasteiger partial charge in [-0.15, -0.1) is 0 Å². The molecular formula is C10H15F6. The zero-order chi connectivity index (χ0) is 12.8. The van der Waals surface area contributed by atoms with Crippen LogP contribution in [-0.4, -0.2) is 12.4 Å². The standard InChI is InChI=1S/C10H15F6/c1-2-3-4-5-6-7-8(9(11,12)13)10(14,15)16/h8H,1-7H2. The van der Waals surface area contributed by atoms with Crippen LogP contribution in [0.15, 0.2) is 0 Å². The minimum absolute atomic E-state index is 0.0519. The summed E-state index contributed by atoms with van der Waals surface area (Å²) in [6, 6.07) is 0. The molecule has 0 amide bonds. The Bertz CT molecular complexity index is 167. The number of unbranched alkanes of at least 4 members (excludes halogenated alkanes) is 4. The maximum Gasteiger partial charge on any atom is 0.400 e. The molecule has 0 spiro atoms. The second kappa shape index (κ2) is 6.35. The van der Waals surface area contributed by atoms with Crippen LogP contribution in [0.25, 0.3) is 0 Å². The molecule has 0 aromatic heterocycles. The maximum atomic E-state index is 12.1. The van der Waals surface area contributed by atoms with E-state index in [0.717, 1.165) is 6.42 Å². The number of rotatable bonds is 6. The smallest absolute Gasteiger partial charge is 0.170 e. The molecule has 0 atom stereocenters. The Balaban J connectivity index is 4.06. The zero-order valence-corrected chi connectivity index (χ0v) is 8.79. The molecule has 97 valence electrons. The highest BCUT2D eigenvalue weighted by Gasteiger charge is 2.55. The second-order valence-electron chi connectivity index (χ2n) is 3.69. The predicted molar refractivity (Wildman–Crippen MR) is 48.7 cm³/mol. The molecule has 6 heteroatoms. The summed E-state index contributed by atoms with van der Waals surface area (Å²) in [6.45, 7) is 3.54. The largest absolute Gasteiger partial charge is 0.400 e. The summed E-state index contributed by atoms with van der Waals surface area (Å²) < 4.78 is 72.4. The molecule has 0 bridgehead atoms. The molecule has 0 saturated heterocycles. The molecule has 16 heavy (non-hydrogen) atoms. The van der Waals surface area contributed by atoms with Crippen molar-refractivity contribution in [2.24, 2.45) is 5.92 Å². The summed E-state index contributed by atoms with van der Waals surface area (Å²) in [7, 11) is 0. The predicted octanol–water partition coefficient (Wildman–Crippen LogP) is 4.90. The van der Waals surface area contributed by atoms with E-state index in [-0.39, 0.29) is 6.42 Å². The molecule has 0 aromatic carbocycles. The van der Waals surface area contributed by atoms with Crippen molar-refractivity contribution in [3.05, 3.63) is 6.92 Å². The Labute approximate surface area is 91.0 Å². The van der Waals surface area contributed by atoms with Crippen molar-refractivity contribution in [3.8, 4) is 0 Å². The van der Waals surface area contributed by atoms with Gasteiger partial charge in [0, 0.05) is 0 Å². The fraction of sp³-hybridized carbons (Fsp3) is 0.900. The molecule has 0 rings (SSSR count). The Hall–Kier alpha value is -0.420. The Kier molecular flexibility index (Phi) is 6.18. The molecule has 1 radical (unpaired) electrons. The molecule has 0 aromatic rings. The van der Waals surface area contributed by atoms with Gasteiger partial charge in [-0.3, -0.25) is 0 Å². The van der Waals surface area contributed by atoms with Gasteiger partial charge in [0.1, 0.15) is 0 Å². The maximum absolute atomic E-state index is 12.1. The van der Waals surface area contributed by atoms with Crippen LogP contribution >= 0.6 is 0 Å². The van der Waals surface area contributed by atoms with E-state index in [9.17, 15) is 26.3 Å². The van der Waals surface area contributed by atoms with Crippen LogP contribution in [0.4, 0.5) is 26.3 Å². The molecule has 0 aliphatic heterocycles. The number of alkyl halides is 6. The van der Waals surface area contributed by atoms with E-state index in [1.807, 2.05) is 0 Å². The molecule has 0 N–H and O–H groups in total. The monoisotopic (exact) mass is 249 g/mol. The van der Waals surface area contributed by atoms with E-state index >= 15 is 0 Å². The van der Waals surface area contributed by atoms with E-state index in [4.69, 9.17) is 0 Å². The first-order valence-corrected chi connectivity index (χ1v) is 5.12. The Morgan fingerprint density at radius 2 is 1.19 bits per heavy atom. The lowest BCUT2D eigenvalue weighted by Crippen LogP contribution is -2.36. The molecule has 0 aliphatic carbocycles. The molecule has 0 unspecified atom stereocenters. The van der Waals surface area contributed by atoms with Gasteiger partial charge in [0.2, 0.25) is 0 Å². The van der Waals surface area contributed by atoms with Crippen LogP contribution in [0.2, 0.25) is 0 Å². The second-order valence-corrected chi connectivity index (χ2v) is 3.69. The highest BCUT2D eigenvalue weighted by molar-refractivity contribution is 4.75. The summed E-state index contributed by atoms with van der Waals surface area (Å²) in [5.74, 6) is -3.18. The Morgan fingerprint density at radius 3 is 1.56 bits per heavy atom. The van der Waals surface area contributed by atoms with Gasteiger partial charge in [-0.2, -0.15) is 26.3 Å². The van der Waals surface area contributed by atoms with Gasteiger partial charge in [0.25, 0.3) is 0 Å². The van der Waals surface area contributed by atoms with Crippen molar-refractivity contribution in [2.75, 3.05) is 0 Å². The van der Waals surface area contributed by atoms with Gasteiger partial charge in [-0.1, -0.05) is 39.0 Å². The third-order valence-corrected chi connectivity index (χ3v) is 2.28. The highest BCUT2D eigenvalue weighted by atomic mass is 19.4. The SMILES string of the molecule is [CH2]CCCCCCC(C(F)(F)F)C(F)(F)F. The van der Waals surface area contributed by atoms with Crippen LogP contribution in [0.3, 0.4) is 0 Å². The van der Waals surface area contributed by atoms with Crippen molar-refractivity contribution in [2.45, 2.75) is 50.9 Å². The van der Waals surface area contributed by atoms with Crippen LogP contribution in [0.5, 0.6) is 0 Å². The third kappa shape index (κ3) is 6.23. The number of hydrogen-bond donors (Lipinski definition) is 0. The van der Waals surface area contributed by atoms with Crippen molar-refractivity contribution >= 4 is 0 Å². The normalized spacial score (nSPS) is 13.5. The lowest BCUT2D eigenvalue weighted by atomic mass is 9.99. The van der Waals surface area contributed by atoms with Gasteiger partial charge in [0.15, 0.2) is 5.92 Å². The first-order chi connectivity index (χ1) is 7.19. The summed E-state index contributed by atoms with van der Waals surface area (Å²) in [5, 5.41) is 0.